The van der Waals surface area contributed by atoms with E-state index in [0.29, 0.717) is 11.8 Å². The zero-order valence-corrected chi connectivity index (χ0v) is 19.6. The molecule has 8 atom stereocenters. The van der Waals surface area contributed by atoms with Crippen molar-refractivity contribution in [3.05, 3.63) is 35.9 Å². The molecule has 4 heteroatoms. The molecule has 3 saturated carbocycles. The Hall–Kier alpha value is -1.26. The zero-order chi connectivity index (χ0) is 21.9. The third kappa shape index (κ3) is 3.49. The van der Waals surface area contributed by atoms with Crippen LogP contribution in [0.2, 0.25) is 0 Å². The Morgan fingerprint density at radius 3 is 2.61 bits per heavy atom. The van der Waals surface area contributed by atoms with E-state index < -0.39 is 5.60 Å². The predicted octanol–water partition coefficient (Wildman–Crippen LogP) is 5.10. The van der Waals surface area contributed by atoms with Crippen LogP contribution in [-0.4, -0.2) is 31.9 Å². The number of rotatable bonds is 4. The van der Waals surface area contributed by atoms with Crippen molar-refractivity contribution in [3.8, 4) is 0 Å². The van der Waals surface area contributed by atoms with Gasteiger partial charge in [0.1, 0.15) is 5.82 Å². The second kappa shape index (κ2) is 7.66. The topological polar surface area (TPSA) is 66.2 Å². The Kier molecular flexibility index (Phi) is 5.33. The van der Waals surface area contributed by atoms with Crippen LogP contribution in [0.4, 0.5) is 0 Å². The van der Waals surface area contributed by atoms with Gasteiger partial charge in [-0.2, -0.15) is 0 Å². The van der Waals surface area contributed by atoms with Crippen molar-refractivity contribution in [3.63, 3.8) is 0 Å². The maximum Gasteiger partial charge on any atom is 0.128 e. The van der Waals surface area contributed by atoms with Crippen molar-refractivity contribution in [1.29, 1.82) is 0 Å². The third-order valence-corrected chi connectivity index (χ3v) is 10.3. The van der Waals surface area contributed by atoms with E-state index in [4.69, 9.17) is 0 Å². The molecule has 0 radical (unpaired) electrons. The fourth-order valence-corrected chi connectivity index (χ4v) is 8.66. The number of allylic oxidation sites excluding steroid dienone is 1. The van der Waals surface area contributed by atoms with Crippen LogP contribution in [0.15, 0.2) is 30.1 Å². The van der Waals surface area contributed by atoms with Gasteiger partial charge in [-0.25, -0.2) is 9.97 Å². The van der Waals surface area contributed by atoms with Crippen LogP contribution in [0, 0.1) is 34.5 Å². The maximum absolute atomic E-state index is 11.6. The molecule has 4 nitrogen and oxygen atoms in total. The molecule has 3 fully saturated rings. The number of aromatic nitrogens is 2. The van der Waals surface area contributed by atoms with Crippen molar-refractivity contribution < 1.29 is 10.2 Å². The van der Waals surface area contributed by atoms with Gasteiger partial charge in [-0.15, -0.1) is 0 Å². The van der Waals surface area contributed by atoms with E-state index in [1.54, 1.807) is 18.0 Å². The van der Waals surface area contributed by atoms with Crippen LogP contribution in [0.3, 0.4) is 0 Å². The first-order valence-corrected chi connectivity index (χ1v) is 12.6. The lowest BCUT2D eigenvalue weighted by Crippen LogP contribution is -2.53. The number of aliphatic hydroxyl groups excluding tert-OH is 1. The highest BCUT2D eigenvalue weighted by atomic mass is 16.3. The number of fused-ring (bicyclic) bond motifs is 5. The number of nitrogens with zero attached hydrogens (tertiary/aromatic N) is 2. The molecule has 1 aromatic heterocycles. The van der Waals surface area contributed by atoms with E-state index in [0.717, 1.165) is 56.2 Å². The van der Waals surface area contributed by atoms with Gasteiger partial charge in [0.25, 0.3) is 0 Å². The van der Waals surface area contributed by atoms with Crippen molar-refractivity contribution in [2.24, 2.45) is 34.5 Å². The molecule has 2 N–H and O–H groups in total. The predicted molar refractivity (Wildman–Crippen MR) is 122 cm³/mol. The van der Waals surface area contributed by atoms with E-state index in [1.165, 1.54) is 25.7 Å². The highest BCUT2D eigenvalue weighted by Gasteiger charge is 2.61. The van der Waals surface area contributed by atoms with Crippen LogP contribution in [-0.2, 0) is 6.42 Å². The van der Waals surface area contributed by atoms with Gasteiger partial charge in [0, 0.05) is 18.8 Å². The smallest absolute Gasteiger partial charge is 0.128 e. The zero-order valence-electron chi connectivity index (χ0n) is 19.6. The minimum atomic E-state index is -0.677. The highest BCUT2D eigenvalue weighted by molar-refractivity contribution is 5.25. The summed E-state index contributed by atoms with van der Waals surface area (Å²) in [5.74, 6) is 3.38. The fourth-order valence-electron chi connectivity index (χ4n) is 8.66. The summed E-state index contributed by atoms with van der Waals surface area (Å²) in [4.78, 5) is 8.73. The Balaban J connectivity index is 1.35. The normalized spacial score (nSPS) is 43.9. The monoisotopic (exact) mass is 424 g/mol. The summed E-state index contributed by atoms with van der Waals surface area (Å²) in [6.07, 6.45) is 16.5. The number of aliphatic hydroxyl groups is 2. The van der Waals surface area contributed by atoms with Gasteiger partial charge < -0.3 is 10.2 Å². The molecule has 0 saturated heterocycles. The summed E-state index contributed by atoms with van der Waals surface area (Å²) in [7, 11) is 0. The first-order valence-electron chi connectivity index (χ1n) is 12.6. The standard InChI is InChI=1S/C27H40N2O2/c1-25-12-9-19(30)17-18(25)5-6-20-21-7-8-23(26(21,2)13-10-22(20)25)27(3,31)14-11-24-28-15-4-16-29-24/h4-5,15-16,19-23,30-31H,6-14,17H2,1-3H3/t19-,20-,21-,22-,23-,25-,26-,27+/m0/s1. The largest absolute Gasteiger partial charge is 0.393 e. The number of hydrogen-bond acceptors (Lipinski definition) is 4. The van der Waals surface area contributed by atoms with Crippen molar-refractivity contribution >= 4 is 0 Å². The molecule has 1 heterocycles. The molecule has 0 aliphatic heterocycles. The Bertz CT molecular complexity index is 837. The van der Waals surface area contributed by atoms with Gasteiger partial charge >= 0.3 is 0 Å². The molecular formula is C27H40N2O2. The molecule has 170 valence electrons. The van der Waals surface area contributed by atoms with Gasteiger partial charge in [-0.3, -0.25) is 0 Å². The van der Waals surface area contributed by atoms with Gasteiger partial charge in [-0.05, 0) is 105 Å². The summed E-state index contributed by atoms with van der Waals surface area (Å²) >= 11 is 0. The minimum absolute atomic E-state index is 0.135. The fraction of sp³-hybridized carbons (Fsp3) is 0.778. The van der Waals surface area contributed by atoms with Crippen LogP contribution in [0.25, 0.3) is 0 Å². The Morgan fingerprint density at radius 1 is 1.06 bits per heavy atom. The average Bonchev–Trinajstić information content (AvgIpc) is 3.12. The molecular weight excluding hydrogens is 384 g/mol. The van der Waals surface area contributed by atoms with Crippen LogP contribution >= 0.6 is 0 Å². The number of aryl methyl sites for hydroxylation is 1. The van der Waals surface area contributed by atoms with E-state index >= 15 is 0 Å². The second-order valence-corrected chi connectivity index (χ2v) is 11.9. The van der Waals surface area contributed by atoms with E-state index in [-0.39, 0.29) is 16.9 Å². The van der Waals surface area contributed by atoms with E-state index in [1.807, 2.05) is 6.07 Å². The number of hydrogen-bond donors (Lipinski definition) is 2. The van der Waals surface area contributed by atoms with Crippen LogP contribution in [0.5, 0.6) is 0 Å². The van der Waals surface area contributed by atoms with Crippen LogP contribution in [0.1, 0.15) is 84.4 Å². The lowest BCUT2D eigenvalue weighted by atomic mass is 9.46. The summed E-state index contributed by atoms with van der Waals surface area (Å²) < 4.78 is 0. The summed E-state index contributed by atoms with van der Waals surface area (Å²) in [5.41, 5.74) is 1.37. The summed E-state index contributed by atoms with van der Waals surface area (Å²) in [6.45, 7) is 7.06. The molecule has 0 unspecified atom stereocenters. The second-order valence-electron chi connectivity index (χ2n) is 11.9. The highest BCUT2D eigenvalue weighted by Crippen LogP contribution is 2.67. The molecule has 0 bridgehead atoms. The Morgan fingerprint density at radius 2 is 1.84 bits per heavy atom. The molecule has 0 spiro atoms. The van der Waals surface area contributed by atoms with Gasteiger partial charge in [0.15, 0.2) is 0 Å². The van der Waals surface area contributed by atoms with Crippen molar-refractivity contribution in [1.82, 2.24) is 9.97 Å². The maximum atomic E-state index is 11.6. The van der Waals surface area contributed by atoms with E-state index in [9.17, 15) is 10.2 Å². The van der Waals surface area contributed by atoms with Crippen LogP contribution < -0.4 is 0 Å². The first-order chi connectivity index (χ1) is 14.7. The lowest BCUT2D eigenvalue weighted by Gasteiger charge is -2.59. The van der Waals surface area contributed by atoms with Crippen molar-refractivity contribution in [2.45, 2.75) is 96.7 Å². The van der Waals surface area contributed by atoms with Gasteiger partial charge in [-0.1, -0.05) is 25.5 Å². The molecule has 31 heavy (non-hydrogen) atoms. The first kappa shape index (κ1) is 21.6. The van der Waals surface area contributed by atoms with Crippen molar-refractivity contribution in [2.75, 3.05) is 0 Å². The molecule has 0 amide bonds. The SMILES string of the molecule is C[C@]12CC[C@H]3[C@@H](CC=C4C[C@@H](O)CC[C@@]43C)[C@@H]1CC[C@@H]2[C@](C)(O)CCc1ncccn1. The molecule has 5 rings (SSSR count). The summed E-state index contributed by atoms with van der Waals surface area (Å²) in [5, 5.41) is 21.9. The quantitative estimate of drug-likeness (QED) is 0.660. The lowest BCUT2D eigenvalue weighted by molar-refractivity contribution is -0.104. The molecule has 4 aliphatic carbocycles. The Labute approximate surface area is 187 Å². The summed E-state index contributed by atoms with van der Waals surface area (Å²) in [6, 6.07) is 1.85. The molecule has 1 aromatic rings. The van der Waals surface area contributed by atoms with E-state index in [2.05, 4.69) is 36.8 Å². The minimum Gasteiger partial charge on any atom is -0.393 e. The average molecular weight is 425 g/mol. The van der Waals surface area contributed by atoms with Gasteiger partial charge in [0.2, 0.25) is 0 Å². The molecule has 0 aromatic carbocycles. The van der Waals surface area contributed by atoms with Gasteiger partial charge in [0.05, 0.1) is 11.7 Å². The molecule has 4 aliphatic rings. The third-order valence-electron chi connectivity index (χ3n) is 10.3.